The molecule has 19 heavy (non-hydrogen) atoms. The van der Waals surface area contributed by atoms with Gasteiger partial charge in [0.15, 0.2) is 0 Å². The van der Waals surface area contributed by atoms with Crippen LogP contribution in [0.5, 0.6) is 0 Å². The van der Waals surface area contributed by atoms with Gasteiger partial charge in [-0.15, -0.1) is 0 Å². The first-order chi connectivity index (χ1) is 8.79. The molecule has 0 N–H and O–H groups in total. The quantitative estimate of drug-likeness (QED) is 0.461. The van der Waals surface area contributed by atoms with Crippen molar-refractivity contribution in [3.63, 3.8) is 0 Å². The summed E-state index contributed by atoms with van der Waals surface area (Å²) in [5.41, 5.74) is -0.193. The van der Waals surface area contributed by atoms with E-state index >= 15 is 0 Å². The Morgan fingerprint density at radius 1 is 1.32 bits per heavy atom. The van der Waals surface area contributed by atoms with E-state index < -0.39 is 15.0 Å². The van der Waals surface area contributed by atoms with Gasteiger partial charge in [-0.05, 0) is 18.6 Å². The number of carbonyl (C=O) groups excluding carboxylic acids is 1. The molecule has 0 bridgehead atoms. The summed E-state index contributed by atoms with van der Waals surface area (Å²) >= 11 is 11.7. The minimum Gasteiger partial charge on any atom is -0.462 e. The molecule has 4 nitrogen and oxygen atoms in total. The number of esters is 1. The van der Waals surface area contributed by atoms with Gasteiger partial charge >= 0.3 is 5.97 Å². The minimum absolute atomic E-state index is 0.00978. The van der Waals surface area contributed by atoms with Crippen LogP contribution in [0.25, 0.3) is 0 Å². The number of unbranched alkanes of at least 4 members (excludes halogenated alkanes) is 1. The average molecular weight is 346 g/mol. The van der Waals surface area contributed by atoms with Crippen LogP contribution in [-0.2, 0) is 13.8 Å². The summed E-state index contributed by atoms with van der Waals surface area (Å²) in [5, 5.41) is -0.320. The van der Waals surface area contributed by atoms with E-state index in [0.717, 1.165) is 12.5 Å². The molecule has 0 atom stereocenters. The lowest BCUT2D eigenvalue weighted by Gasteiger charge is -2.09. The van der Waals surface area contributed by atoms with Crippen LogP contribution in [0, 0.1) is 0 Å². The summed E-state index contributed by atoms with van der Waals surface area (Å²) in [6.07, 6.45) is 1.54. The van der Waals surface area contributed by atoms with Crippen LogP contribution >= 0.6 is 33.9 Å². The first-order valence-corrected chi connectivity index (χ1v) is 8.45. The van der Waals surface area contributed by atoms with Crippen molar-refractivity contribution in [2.75, 3.05) is 6.61 Å². The number of hydrogen-bond acceptors (Lipinski definition) is 4. The predicted octanol–water partition coefficient (Wildman–Crippen LogP) is 3.88. The smallest absolute Gasteiger partial charge is 0.341 e. The fraction of sp³-hybridized carbons (Fsp3) is 0.364. The highest BCUT2D eigenvalue weighted by Crippen LogP contribution is 2.33. The van der Waals surface area contributed by atoms with Crippen LogP contribution in [0.15, 0.2) is 17.0 Å². The van der Waals surface area contributed by atoms with Crippen molar-refractivity contribution in [3.8, 4) is 0 Å². The molecule has 0 fully saturated rings. The van der Waals surface area contributed by atoms with E-state index in [1.807, 2.05) is 6.92 Å². The van der Waals surface area contributed by atoms with E-state index in [9.17, 15) is 13.2 Å². The van der Waals surface area contributed by atoms with Gasteiger partial charge in [-0.25, -0.2) is 13.2 Å². The Kier molecular flexibility index (Phi) is 5.92. The van der Waals surface area contributed by atoms with E-state index in [-0.39, 0.29) is 27.1 Å². The van der Waals surface area contributed by atoms with E-state index in [4.69, 9.17) is 38.6 Å². The highest BCUT2D eigenvalue weighted by molar-refractivity contribution is 8.13. The first-order valence-electron chi connectivity index (χ1n) is 5.38. The topological polar surface area (TPSA) is 60.4 Å². The zero-order chi connectivity index (χ0) is 14.6. The Morgan fingerprint density at radius 2 is 1.95 bits per heavy atom. The Hall–Kier alpha value is -0.490. The standard InChI is InChI=1S/C11H11Cl3O4S/c1-2-3-6-18-11(15)9-7(12)4-5-8(10(9)13)19(14,16)17/h4-5H,2-3,6H2,1H3. The second kappa shape index (κ2) is 6.79. The fourth-order valence-corrected chi connectivity index (χ4v) is 3.17. The number of hydrogen-bond donors (Lipinski definition) is 0. The maximum Gasteiger partial charge on any atom is 0.341 e. The third kappa shape index (κ3) is 4.24. The van der Waals surface area contributed by atoms with Crippen LogP contribution in [-0.4, -0.2) is 21.0 Å². The molecule has 0 spiro atoms. The number of ether oxygens (including phenoxy) is 1. The monoisotopic (exact) mass is 344 g/mol. The van der Waals surface area contributed by atoms with Crippen LogP contribution < -0.4 is 0 Å². The van der Waals surface area contributed by atoms with Crippen LogP contribution in [0.3, 0.4) is 0 Å². The van der Waals surface area contributed by atoms with E-state index in [1.165, 1.54) is 6.07 Å². The number of rotatable bonds is 5. The van der Waals surface area contributed by atoms with Gasteiger partial charge in [-0.2, -0.15) is 0 Å². The molecule has 106 valence electrons. The van der Waals surface area contributed by atoms with Crippen molar-refractivity contribution in [3.05, 3.63) is 27.7 Å². The molecule has 0 aliphatic rings. The predicted molar refractivity (Wildman–Crippen MR) is 74.7 cm³/mol. The number of carbonyl (C=O) groups is 1. The molecular formula is C11H11Cl3O4S. The van der Waals surface area contributed by atoms with Crippen LogP contribution in [0.4, 0.5) is 0 Å². The second-order valence-corrected chi connectivity index (χ2v) is 6.98. The summed E-state index contributed by atoms with van der Waals surface area (Å²) in [6, 6.07) is 2.37. The number of benzene rings is 1. The van der Waals surface area contributed by atoms with Crippen molar-refractivity contribution < 1.29 is 17.9 Å². The molecule has 1 aromatic rings. The molecule has 0 unspecified atom stereocenters. The summed E-state index contributed by atoms with van der Waals surface area (Å²) in [6.45, 7) is 2.15. The van der Waals surface area contributed by atoms with Crippen molar-refractivity contribution in [1.82, 2.24) is 0 Å². The molecular weight excluding hydrogens is 335 g/mol. The Balaban J connectivity index is 3.17. The minimum atomic E-state index is -4.06. The third-order valence-electron chi connectivity index (χ3n) is 2.25. The molecule has 0 aromatic heterocycles. The van der Waals surface area contributed by atoms with E-state index in [0.29, 0.717) is 6.42 Å². The molecule has 1 aromatic carbocycles. The summed E-state index contributed by atoms with van der Waals surface area (Å²) in [7, 11) is 1.15. The van der Waals surface area contributed by atoms with Gasteiger partial charge in [0.2, 0.25) is 0 Å². The normalized spacial score (nSPS) is 11.4. The lowest BCUT2D eigenvalue weighted by molar-refractivity contribution is 0.0500. The molecule has 0 saturated carbocycles. The van der Waals surface area contributed by atoms with E-state index in [1.54, 1.807) is 0 Å². The van der Waals surface area contributed by atoms with Gasteiger partial charge in [0.1, 0.15) is 4.90 Å². The lowest BCUT2D eigenvalue weighted by atomic mass is 10.2. The van der Waals surface area contributed by atoms with Gasteiger partial charge in [-0.3, -0.25) is 0 Å². The molecule has 0 aliphatic heterocycles. The van der Waals surface area contributed by atoms with Gasteiger partial charge < -0.3 is 4.74 Å². The molecule has 0 aliphatic carbocycles. The van der Waals surface area contributed by atoms with E-state index in [2.05, 4.69) is 0 Å². The largest absolute Gasteiger partial charge is 0.462 e. The van der Waals surface area contributed by atoms with Gasteiger partial charge in [0.25, 0.3) is 9.05 Å². The zero-order valence-corrected chi connectivity index (χ0v) is 13.0. The highest BCUT2D eigenvalue weighted by atomic mass is 35.7. The van der Waals surface area contributed by atoms with Gasteiger partial charge in [0.05, 0.1) is 22.2 Å². The van der Waals surface area contributed by atoms with Crippen molar-refractivity contribution in [2.24, 2.45) is 0 Å². The zero-order valence-electron chi connectivity index (χ0n) is 9.95. The van der Waals surface area contributed by atoms with Crippen molar-refractivity contribution in [1.29, 1.82) is 0 Å². The van der Waals surface area contributed by atoms with Crippen LogP contribution in [0.2, 0.25) is 10.0 Å². The molecule has 8 heteroatoms. The Bertz CT molecular complexity index is 584. The summed E-state index contributed by atoms with van der Waals surface area (Å²) < 4.78 is 27.5. The van der Waals surface area contributed by atoms with Crippen LogP contribution in [0.1, 0.15) is 30.1 Å². The number of halogens is 3. The average Bonchev–Trinajstić information content (AvgIpc) is 2.27. The molecule has 0 radical (unpaired) electrons. The molecule has 0 saturated heterocycles. The molecule has 0 amide bonds. The maximum atomic E-state index is 11.8. The van der Waals surface area contributed by atoms with Crippen molar-refractivity contribution in [2.45, 2.75) is 24.7 Å². The Morgan fingerprint density at radius 3 is 2.47 bits per heavy atom. The lowest BCUT2D eigenvalue weighted by Crippen LogP contribution is -2.09. The molecule has 1 rings (SSSR count). The van der Waals surface area contributed by atoms with Gasteiger partial charge in [-0.1, -0.05) is 36.5 Å². The summed E-state index contributed by atoms with van der Waals surface area (Å²) in [4.78, 5) is 11.4. The van der Waals surface area contributed by atoms with Gasteiger partial charge in [0, 0.05) is 10.7 Å². The maximum absolute atomic E-state index is 11.8. The van der Waals surface area contributed by atoms with Crippen molar-refractivity contribution >= 4 is 48.9 Å². The molecule has 0 heterocycles. The second-order valence-electron chi connectivity index (χ2n) is 3.66. The first kappa shape index (κ1) is 16.6. The third-order valence-corrected chi connectivity index (χ3v) is 4.44. The highest BCUT2D eigenvalue weighted by Gasteiger charge is 2.24. The SMILES string of the molecule is CCCCOC(=O)c1c(Cl)ccc(S(=O)(=O)Cl)c1Cl. The summed E-state index contributed by atoms with van der Waals surface area (Å²) in [5.74, 6) is -0.773. The fourth-order valence-electron chi connectivity index (χ4n) is 1.29. The Labute approximate surface area is 126 Å².